The molecule has 0 aromatic heterocycles. The summed E-state index contributed by atoms with van der Waals surface area (Å²) in [6, 6.07) is 8.38. The second-order valence-electron chi connectivity index (χ2n) is 6.02. The fourth-order valence-corrected chi connectivity index (χ4v) is 2.69. The van der Waals surface area contributed by atoms with Gasteiger partial charge in [0.2, 0.25) is 5.91 Å². The zero-order valence-corrected chi connectivity index (χ0v) is 13.4. The van der Waals surface area contributed by atoms with E-state index in [1.54, 1.807) is 0 Å². The highest BCUT2D eigenvalue weighted by molar-refractivity contribution is 5.80. The van der Waals surface area contributed by atoms with Crippen molar-refractivity contribution in [3.63, 3.8) is 0 Å². The molecule has 4 heteroatoms. The van der Waals surface area contributed by atoms with E-state index < -0.39 is 0 Å². The smallest absolute Gasteiger partial charge is 0.227 e. The van der Waals surface area contributed by atoms with Crippen LogP contribution in [-0.2, 0) is 11.2 Å². The van der Waals surface area contributed by atoms with Gasteiger partial charge in [-0.05, 0) is 33.8 Å². The van der Waals surface area contributed by atoms with E-state index in [1.165, 1.54) is 0 Å². The van der Waals surface area contributed by atoms with E-state index in [-0.39, 0.29) is 18.1 Å². The number of benzene rings is 1. The minimum atomic E-state index is 0.111. The molecule has 1 amide bonds. The zero-order valence-electron chi connectivity index (χ0n) is 13.4. The van der Waals surface area contributed by atoms with E-state index in [0.29, 0.717) is 12.5 Å². The van der Waals surface area contributed by atoms with Gasteiger partial charge >= 0.3 is 0 Å². The minimum absolute atomic E-state index is 0.111. The van der Waals surface area contributed by atoms with Crippen LogP contribution in [-0.4, -0.2) is 42.1 Å². The lowest BCUT2D eigenvalue weighted by atomic mass is 10.0. The lowest BCUT2D eigenvalue weighted by Crippen LogP contribution is -2.57. The first-order valence-corrected chi connectivity index (χ1v) is 7.76. The maximum absolute atomic E-state index is 12.6. The number of hydrogen-bond donors (Lipinski definition) is 1. The number of amides is 1. The van der Waals surface area contributed by atoms with Crippen LogP contribution in [0.5, 0.6) is 5.75 Å². The van der Waals surface area contributed by atoms with Crippen LogP contribution in [0.15, 0.2) is 24.3 Å². The van der Waals surface area contributed by atoms with E-state index in [9.17, 15) is 4.79 Å². The van der Waals surface area contributed by atoms with Crippen molar-refractivity contribution in [2.45, 2.75) is 52.3 Å². The molecular formula is C17H26N2O2. The molecule has 0 bridgehead atoms. The fourth-order valence-electron chi connectivity index (χ4n) is 2.69. The summed E-state index contributed by atoms with van der Waals surface area (Å²) >= 11 is 0. The van der Waals surface area contributed by atoms with Gasteiger partial charge in [-0.3, -0.25) is 4.79 Å². The van der Waals surface area contributed by atoms with Crippen LogP contribution in [0.1, 0.15) is 33.3 Å². The number of hydrogen-bond acceptors (Lipinski definition) is 3. The van der Waals surface area contributed by atoms with Crippen LogP contribution >= 0.6 is 0 Å². The van der Waals surface area contributed by atoms with Crippen molar-refractivity contribution in [2.75, 3.05) is 13.1 Å². The molecule has 0 saturated carbocycles. The Morgan fingerprint density at radius 3 is 2.81 bits per heavy atom. The van der Waals surface area contributed by atoms with E-state index in [0.717, 1.165) is 24.4 Å². The molecule has 0 spiro atoms. The van der Waals surface area contributed by atoms with Crippen molar-refractivity contribution in [3.05, 3.63) is 29.8 Å². The Morgan fingerprint density at radius 1 is 1.38 bits per heavy atom. The minimum Gasteiger partial charge on any atom is -0.491 e. The molecule has 1 aromatic rings. The molecule has 2 rings (SSSR count). The highest BCUT2D eigenvalue weighted by Gasteiger charge is 2.28. The van der Waals surface area contributed by atoms with Gasteiger partial charge in [-0.15, -0.1) is 0 Å². The van der Waals surface area contributed by atoms with Crippen molar-refractivity contribution < 1.29 is 9.53 Å². The molecule has 2 unspecified atom stereocenters. The number of piperazine rings is 1. The third kappa shape index (κ3) is 3.97. The average Bonchev–Trinajstić information content (AvgIpc) is 2.43. The molecule has 1 aliphatic rings. The van der Waals surface area contributed by atoms with Gasteiger partial charge in [0.25, 0.3) is 0 Å². The third-order valence-corrected chi connectivity index (χ3v) is 4.03. The Bertz CT molecular complexity index is 487. The first-order valence-electron chi connectivity index (χ1n) is 7.76. The van der Waals surface area contributed by atoms with Crippen LogP contribution in [0.3, 0.4) is 0 Å². The molecule has 1 N–H and O–H groups in total. The molecule has 0 radical (unpaired) electrons. The first-order chi connectivity index (χ1) is 9.99. The molecular weight excluding hydrogens is 264 g/mol. The number of ether oxygens (including phenoxy) is 1. The van der Waals surface area contributed by atoms with Crippen LogP contribution in [0.25, 0.3) is 0 Å². The summed E-state index contributed by atoms with van der Waals surface area (Å²) in [6.45, 7) is 9.86. The van der Waals surface area contributed by atoms with Gasteiger partial charge in [-0.1, -0.05) is 18.2 Å². The van der Waals surface area contributed by atoms with Crippen molar-refractivity contribution >= 4 is 5.91 Å². The summed E-state index contributed by atoms with van der Waals surface area (Å²) in [4.78, 5) is 14.6. The maximum atomic E-state index is 12.6. The number of rotatable bonds is 4. The quantitative estimate of drug-likeness (QED) is 0.924. The standard InChI is InChI=1S/C17H26N2O2/c1-12(2)21-16-8-6-5-7-15(16)11-17(20)19-10-9-18-13(3)14(19)4/h5-8,12-14,18H,9-11H2,1-4H3. The number of nitrogens with zero attached hydrogens (tertiary/aromatic N) is 1. The van der Waals surface area contributed by atoms with E-state index in [2.05, 4.69) is 19.2 Å². The van der Waals surface area contributed by atoms with Gasteiger partial charge in [0.15, 0.2) is 0 Å². The van der Waals surface area contributed by atoms with Crippen molar-refractivity contribution in [1.29, 1.82) is 0 Å². The highest BCUT2D eigenvalue weighted by Crippen LogP contribution is 2.21. The van der Waals surface area contributed by atoms with Gasteiger partial charge in [0.1, 0.15) is 5.75 Å². The molecule has 1 fully saturated rings. The summed E-state index contributed by atoms with van der Waals surface area (Å²) in [5.74, 6) is 0.993. The predicted octanol–water partition coefficient (Wildman–Crippen LogP) is 2.23. The molecule has 4 nitrogen and oxygen atoms in total. The number of para-hydroxylation sites is 1. The number of nitrogens with one attached hydrogen (secondary N) is 1. The van der Waals surface area contributed by atoms with Crippen LogP contribution < -0.4 is 10.1 Å². The number of carbonyl (C=O) groups excluding carboxylic acids is 1. The SMILES string of the molecule is CC(C)Oc1ccccc1CC(=O)N1CCNC(C)C1C. The lowest BCUT2D eigenvalue weighted by Gasteiger charge is -2.38. The predicted molar refractivity (Wildman–Crippen MR) is 84.5 cm³/mol. The summed E-state index contributed by atoms with van der Waals surface area (Å²) in [5.41, 5.74) is 0.967. The molecule has 116 valence electrons. The molecule has 21 heavy (non-hydrogen) atoms. The van der Waals surface area contributed by atoms with Crippen molar-refractivity contribution in [2.24, 2.45) is 0 Å². The first kappa shape index (κ1) is 15.8. The topological polar surface area (TPSA) is 41.6 Å². The van der Waals surface area contributed by atoms with Gasteiger partial charge < -0.3 is 15.0 Å². The van der Waals surface area contributed by atoms with Crippen LogP contribution in [0.4, 0.5) is 0 Å². The average molecular weight is 290 g/mol. The molecule has 2 atom stereocenters. The van der Waals surface area contributed by atoms with E-state index in [1.807, 2.05) is 43.0 Å². The normalized spacial score (nSPS) is 22.4. The second kappa shape index (κ2) is 6.94. The van der Waals surface area contributed by atoms with E-state index in [4.69, 9.17) is 4.74 Å². The molecule has 1 heterocycles. The maximum Gasteiger partial charge on any atom is 0.227 e. The summed E-state index contributed by atoms with van der Waals surface area (Å²) in [7, 11) is 0. The fraction of sp³-hybridized carbons (Fsp3) is 0.588. The van der Waals surface area contributed by atoms with Crippen LogP contribution in [0.2, 0.25) is 0 Å². The summed E-state index contributed by atoms with van der Waals surface area (Å²) in [6.07, 6.45) is 0.513. The van der Waals surface area contributed by atoms with Crippen molar-refractivity contribution in [3.8, 4) is 5.75 Å². The zero-order chi connectivity index (χ0) is 15.4. The second-order valence-corrected chi connectivity index (χ2v) is 6.02. The highest BCUT2D eigenvalue weighted by atomic mass is 16.5. The Labute approximate surface area is 127 Å². The van der Waals surface area contributed by atoms with Crippen molar-refractivity contribution in [1.82, 2.24) is 10.2 Å². The Hall–Kier alpha value is -1.55. The summed E-state index contributed by atoms with van der Waals surface area (Å²) < 4.78 is 5.80. The largest absolute Gasteiger partial charge is 0.491 e. The Balaban J connectivity index is 2.09. The summed E-state index contributed by atoms with van der Waals surface area (Å²) in [5, 5.41) is 3.40. The van der Waals surface area contributed by atoms with Gasteiger partial charge in [0, 0.05) is 30.7 Å². The molecule has 0 aliphatic carbocycles. The van der Waals surface area contributed by atoms with Gasteiger partial charge in [0.05, 0.1) is 12.5 Å². The van der Waals surface area contributed by atoms with Crippen LogP contribution in [0, 0.1) is 0 Å². The Morgan fingerprint density at radius 2 is 2.10 bits per heavy atom. The molecule has 1 aromatic carbocycles. The van der Waals surface area contributed by atoms with Gasteiger partial charge in [-0.2, -0.15) is 0 Å². The molecule has 1 saturated heterocycles. The Kier molecular flexibility index (Phi) is 5.23. The monoisotopic (exact) mass is 290 g/mol. The molecule has 1 aliphatic heterocycles. The lowest BCUT2D eigenvalue weighted by molar-refractivity contribution is -0.134. The van der Waals surface area contributed by atoms with E-state index >= 15 is 0 Å². The van der Waals surface area contributed by atoms with Gasteiger partial charge in [-0.25, -0.2) is 0 Å². The number of carbonyl (C=O) groups is 1. The third-order valence-electron chi connectivity index (χ3n) is 4.03.